The number of rotatable bonds is 2. The minimum Gasteiger partial charge on any atom is -0.342 e. The molecule has 1 fully saturated rings. The maximum atomic E-state index is 11.5. The molecule has 1 aliphatic rings. The van der Waals surface area contributed by atoms with Crippen LogP contribution < -0.4 is 0 Å². The van der Waals surface area contributed by atoms with Gasteiger partial charge in [-0.25, -0.2) is 8.42 Å². The van der Waals surface area contributed by atoms with Crippen molar-refractivity contribution in [2.75, 3.05) is 19.3 Å². The summed E-state index contributed by atoms with van der Waals surface area (Å²) in [7, 11) is -3.23. The summed E-state index contributed by atoms with van der Waals surface area (Å²) in [6, 6.07) is 0. The first-order chi connectivity index (χ1) is 5.93. The molecule has 1 amide bonds. The van der Waals surface area contributed by atoms with Gasteiger partial charge in [-0.3, -0.25) is 4.79 Å². The molecule has 1 heterocycles. The van der Waals surface area contributed by atoms with Crippen LogP contribution in [0, 0.1) is 0 Å². The second-order valence-corrected chi connectivity index (χ2v) is 5.87. The second-order valence-electron chi connectivity index (χ2n) is 3.50. The van der Waals surface area contributed by atoms with Crippen LogP contribution in [0.3, 0.4) is 0 Å². The molecule has 0 unspecified atom stereocenters. The van der Waals surface area contributed by atoms with E-state index in [1.807, 2.05) is 0 Å². The summed E-state index contributed by atoms with van der Waals surface area (Å²) < 4.78 is 22.2. The lowest BCUT2D eigenvalue weighted by atomic mass is 10.4. The van der Waals surface area contributed by atoms with E-state index in [4.69, 9.17) is 0 Å². The van der Waals surface area contributed by atoms with Crippen molar-refractivity contribution in [1.82, 2.24) is 4.90 Å². The molecule has 0 aromatic carbocycles. The summed E-state index contributed by atoms with van der Waals surface area (Å²) in [6.07, 6.45) is 3.08. The van der Waals surface area contributed by atoms with Crippen molar-refractivity contribution in [2.24, 2.45) is 0 Å². The lowest BCUT2D eigenvalue weighted by Gasteiger charge is -2.18. The van der Waals surface area contributed by atoms with Crippen LogP contribution in [0.4, 0.5) is 0 Å². The van der Waals surface area contributed by atoms with Gasteiger partial charge in [0.1, 0.15) is 5.25 Å². The minimum atomic E-state index is -3.23. The van der Waals surface area contributed by atoms with E-state index in [2.05, 4.69) is 0 Å². The van der Waals surface area contributed by atoms with Crippen molar-refractivity contribution in [3.8, 4) is 0 Å². The number of amides is 1. The highest BCUT2D eigenvalue weighted by Gasteiger charge is 2.29. The van der Waals surface area contributed by atoms with Gasteiger partial charge in [-0.1, -0.05) is 0 Å². The third-order valence-electron chi connectivity index (χ3n) is 2.41. The van der Waals surface area contributed by atoms with Crippen LogP contribution in [0.25, 0.3) is 0 Å². The van der Waals surface area contributed by atoms with Crippen molar-refractivity contribution >= 4 is 15.7 Å². The van der Waals surface area contributed by atoms with E-state index >= 15 is 0 Å². The number of hydrogen-bond acceptors (Lipinski definition) is 3. The number of carbonyl (C=O) groups is 1. The molecule has 1 rings (SSSR count). The zero-order valence-corrected chi connectivity index (χ0v) is 8.80. The molecule has 1 atom stereocenters. The van der Waals surface area contributed by atoms with Gasteiger partial charge in [-0.05, 0) is 19.8 Å². The standard InChI is InChI=1S/C8H15NO3S/c1-7(13(2,11)12)8(10)9-5-3-4-6-9/h7H,3-6H2,1-2H3/t7-/m1/s1. The maximum absolute atomic E-state index is 11.5. The van der Waals surface area contributed by atoms with Crippen molar-refractivity contribution in [3.63, 3.8) is 0 Å². The molecule has 0 aromatic heterocycles. The van der Waals surface area contributed by atoms with Gasteiger partial charge in [0.15, 0.2) is 9.84 Å². The first-order valence-electron chi connectivity index (χ1n) is 4.40. The predicted molar refractivity (Wildman–Crippen MR) is 50.1 cm³/mol. The number of likely N-dealkylation sites (tertiary alicyclic amines) is 1. The van der Waals surface area contributed by atoms with Crippen LogP contribution in [-0.2, 0) is 14.6 Å². The summed E-state index contributed by atoms with van der Waals surface area (Å²) in [5, 5.41) is -0.884. The number of hydrogen-bond donors (Lipinski definition) is 0. The van der Waals surface area contributed by atoms with Crippen LogP contribution in [0.15, 0.2) is 0 Å². The molecule has 0 aliphatic carbocycles. The van der Waals surface area contributed by atoms with Crippen LogP contribution in [0.1, 0.15) is 19.8 Å². The Kier molecular flexibility index (Phi) is 2.95. The third-order valence-corrected chi connectivity index (χ3v) is 3.89. The normalized spacial score (nSPS) is 20.3. The van der Waals surface area contributed by atoms with Crippen LogP contribution >= 0.6 is 0 Å². The minimum absolute atomic E-state index is 0.250. The molecular weight excluding hydrogens is 190 g/mol. The Balaban J connectivity index is 2.67. The molecule has 1 aliphatic heterocycles. The topological polar surface area (TPSA) is 54.5 Å². The zero-order valence-electron chi connectivity index (χ0n) is 7.99. The average Bonchev–Trinajstić information content (AvgIpc) is 2.51. The predicted octanol–water partition coefficient (Wildman–Crippen LogP) is 0.0419. The fourth-order valence-electron chi connectivity index (χ4n) is 1.38. The Morgan fingerprint density at radius 2 is 1.77 bits per heavy atom. The van der Waals surface area contributed by atoms with Gasteiger partial charge < -0.3 is 4.90 Å². The average molecular weight is 205 g/mol. The van der Waals surface area contributed by atoms with E-state index in [0.717, 1.165) is 19.1 Å². The Labute approximate surface area is 78.8 Å². The highest BCUT2D eigenvalue weighted by Crippen LogP contribution is 2.11. The fourth-order valence-corrected chi connectivity index (χ4v) is 1.89. The Bertz CT molecular complexity index is 291. The van der Waals surface area contributed by atoms with E-state index in [-0.39, 0.29) is 5.91 Å². The lowest BCUT2D eigenvalue weighted by Crippen LogP contribution is -2.39. The molecular formula is C8H15NO3S. The SMILES string of the molecule is C[C@H](C(=O)N1CCCC1)S(C)(=O)=O. The summed E-state index contributed by atoms with van der Waals surface area (Å²) in [5.41, 5.74) is 0. The van der Waals surface area contributed by atoms with Gasteiger partial charge in [-0.2, -0.15) is 0 Å². The lowest BCUT2D eigenvalue weighted by molar-refractivity contribution is -0.129. The van der Waals surface area contributed by atoms with Gasteiger partial charge >= 0.3 is 0 Å². The highest BCUT2D eigenvalue weighted by atomic mass is 32.2. The summed E-state index contributed by atoms with van der Waals surface area (Å²) in [6.45, 7) is 2.87. The Hall–Kier alpha value is -0.580. The second kappa shape index (κ2) is 3.65. The molecule has 13 heavy (non-hydrogen) atoms. The molecule has 0 aromatic rings. The van der Waals surface area contributed by atoms with E-state index in [0.29, 0.717) is 13.1 Å². The van der Waals surface area contributed by atoms with Crippen molar-refractivity contribution in [3.05, 3.63) is 0 Å². The molecule has 0 saturated carbocycles. The van der Waals surface area contributed by atoms with Gasteiger partial charge in [0.25, 0.3) is 0 Å². The van der Waals surface area contributed by atoms with Crippen LogP contribution in [-0.4, -0.2) is 43.8 Å². The Morgan fingerprint density at radius 3 is 2.15 bits per heavy atom. The molecule has 0 N–H and O–H groups in total. The first-order valence-corrected chi connectivity index (χ1v) is 6.36. The quantitative estimate of drug-likeness (QED) is 0.639. The molecule has 1 saturated heterocycles. The summed E-state index contributed by atoms with van der Waals surface area (Å²) >= 11 is 0. The van der Waals surface area contributed by atoms with Gasteiger partial charge in [-0.15, -0.1) is 0 Å². The maximum Gasteiger partial charge on any atom is 0.240 e. The van der Waals surface area contributed by atoms with Gasteiger partial charge in [0.05, 0.1) is 0 Å². The van der Waals surface area contributed by atoms with E-state index in [9.17, 15) is 13.2 Å². The molecule has 0 spiro atoms. The molecule has 0 radical (unpaired) electrons. The molecule has 4 nitrogen and oxygen atoms in total. The van der Waals surface area contributed by atoms with Crippen molar-refractivity contribution < 1.29 is 13.2 Å². The van der Waals surface area contributed by atoms with Crippen molar-refractivity contribution in [1.29, 1.82) is 0 Å². The van der Waals surface area contributed by atoms with E-state index < -0.39 is 15.1 Å². The van der Waals surface area contributed by atoms with Crippen LogP contribution in [0.5, 0.6) is 0 Å². The number of sulfone groups is 1. The van der Waals surface area contributed by atoms with Gasteiger partial charge in [0.2, 0.25) is 5.91 Å². The molecule has 76 valence electrons. The fraction of sp³-hybridized carbons (Fsp3) is 0.875. The smallest absolute Gasteiger partial charge is 0.240 e. The monoisotopic (exact) mass is 205 g/mol. The summed E-state index contributed by atoms with van der Waals surface area (Å²) in [4.78, 5) is 13.2. The molecule has 5 heteroatoms. The van der Waals surface area contributed by atoms with Gasteiger partial charge in [0, 0.05) is 19.3 Å². The Morgan fingerprint density at radius 1 is 1.31 bits per heavy atom. The summed E-state index contributed by atoms with van der Waals surface area (Å²) in [5.74, 6) is -0.250. The number of nitrogens with zero attached hydrogens (tertiary/aromatic N) is 1. The van der Waals surface area contributed by atoms with E-state index in [1.54, 1.807) is 4.90 Å². The third kappa shape index (κ3) is 2.43. The van der Waals surface area contributed by atoms with E-state index in [1.165, 1.54) is 6.92 Å². The zero-order chi connectivity index (χ0) is 10.1. The molecule has 0 bridgehead atoms. The first kappa shape index (κ1) is 10.5. The van der Waals surface area contributed by atoms with Crippen molar-refractivity contribution in [2.45, 2.75) is 25.0 Å². The largest absolute Gasteiger partial charge is 0.342 e. The number of carbonyl (C=O) groups excluding carboxylic acids is 1. The van der Waals surface area contributed by atoms with Crippen LogP contribution in [0.2, 0.25) is 0 Å². The highest BCUT2D eigenvalue weighted by molar-refractivity contribution is 7.92.